The molecule has 1 N–H and O–H groups in total. The maximum absolute atomic E-state index is 13.8. The van der Waals surface area contributed by atoms with Crippen LogP contribution in [0.15, 0.2) is 66.4 Å². The molecule has 1 aliphatic rings. The van der Waals surface area contributed by atoms with Crippen molar-refractivity contribution in [3.05, 3.63) is 100 Å². The Kier molecular flexibility index (Phi) is 6.45. The zero-order chi connectivity index (χ0) is 24.4. The highest BCUT2D eigenvalue weighted by molar-refractivity contribution is 6.36. The van der Waals surface area contributed by atoms with Gasteiger partial charge in [-0.2, -0.15) is 0 Å². The number of methoxy groups -OCH3 is 1. The van der Waals surface area contributed by atoms with E-state index in [0.29, 0.717) is 17.7 Å². The standard InChI is InChI=1S/C27H24F2N2O3/c1-16-4-10-21(17(2)14-16)24-25(30-19-7-11-22(28)23(29)15-19)27(33)31(26(24)32)13-12-18-5-8-20(34-3)9-6-18/h4-11,14-15,30H,12-13H2,1-3H3. The van der Waals surface area contributed by atoms with Crippen molar-refractivity contribution in [2.75, 3.05) is 19.0 Å². The number of rotatable bonds is 7. The number of carbonyl (C=O) groups is 2. The zero-order valence-corrected chi connectivity index (χ0v) is 19.1. The molecule has 0 saturated heterocycles. The number of nitrogens with one attached hydrogen (secondary N) is 1. The van der Waals surface area contributed by atoms with Gasteiger partial charge in [0.25, 0.3) is 11.8 Å². The second-order valence-corrected chi connectivity index (χ2v) is 8.18. The molecule has 0 saturated carbocycles. The van der Waals surface area contributed by atoms with Crippen LogP contribution in [-0.2, 0) is 16.0 Å². The molecular weight excluding hydrogens is 438 g/mol. The van der Waals surface area contributed by atoms with Gasteiger partial charge in [0.2, 0.25) is 0 Å². The van der Waals surface area contributed by atoms with E-state index in [9.17, 15) is 18.4 Å². The summed E-state index contributed by atoms with van der Waals surface area (Å²) in [6.07, 6.45) is 0.458. The third-order valence-corrected chi connectivity index (χ3v) is 5.79. The zero-order valence-electron chi connectivity index (χ0n) is 19.1. The summed E-state index contributed by atoms with van der Waals surface area (Å²) >= 11 is 0. The Bertz CT molecular complexity index is 1300. The second kappa shape index (κ2) is 9.47. The highest BCUT2D eigenvalue weighted by atomic mass is 19.2. The van der Waals surface area contributed by atoms with Crippen LogP contribution in [0.5, 0.6) is 5.75 Å². The predicted molar refractivity (Wildman–Crippen MR) is 126 cm³/mol. The first-order valence-electron chi connectivity index (χ1n) is 10.8. The number of imide groups is 1. The molecule has 4 rings (SSSR count). The summed E-state index contributed by atoms with van der Waals surface area (Å²) in [6, 6.07) is 16.2. The van der Waals surface area contributed by atoms with Crippen LogP contribution >= 0.6 is 0 Å². The first-order valence-corrected chi connectivity index (χ1v) is 10.8. The Morgan fingerprint density at radius 1 is 0.882 bits per heavy atom. The number of benzene rings is 3. The lowest BCUT2D eigenvalue weighted by Gasteiger charge is -2.16. The second-order valence-electron chi connectivity index (χ2n) is 8.18. The summed E-state index contributed by atoms with van der Waals surface area (Å²) in [5.41, 5.74) is 3.83. The van der Waals surface area contributed by atoms with Gasteiger partial charge in [0, 0.05) is 18.3 Å². The highest BCUT2D eigenvalue weighted by Crippen LogP contribution is 2.33. The molecule has 0 unspecified atom stereocenters. The fraction of sp³-hybridized carbons (Fsp3) is 0.185. The molecule has 5 nitrogen and oxygen atoms in total. The van der Waals surface area contributed by atoms with Crippen molar-refractivity contribution in [1.29, 1.82) is 0 Å². The molecule has 0 aromatic heterocycles. The van der Waals surface area contributed by atoms with Crippen molar-refractivity contribution < 1.29 is 23.1 Å². The summed E-state index contributed by atoms with van der Waals surface area (Å²) in [6.45, 7) is 3.97. The van der Waals surface area contributed by atoms with Crippen molar-refractivity contribution in [2.24, 2.45) is 0 Å². The van der Waals surface area contributed by atoms with Crippen LogP contribution in [0.4, 0.5) is 14.5 Å². The number of hydrogen-bond acceptors (Lipinski definition) is 4. The number of nitrogens with zero attached hydrogens (tertiary/aromatic N) is 1. The fourth-order valence-electron chi connectivity index (χ4n) is 3.99. The van der Waals surface area contributed by atoms with Crippen LogP contribution in [0.3, 0.4) is 0 Å². The monoisotopic (exact) mass is 462 g/mol. The molecule has 3 aromatic carbocycles. The molecule has 7 heteroatoms. The highest BCUT2D eigenvalue weighted by Gasteiger charge is 2.39. The summed E-state index contributed by atoms with van der Waals surface area (Å²) in [5, 5.41) is 2.87. The molecule has 34 heavy (non-hydrogen) atoms. The molecule has 0 aliphatic carbocycles. The van der Waals surface area contributed by atoms with Crippen molar-refractivity contribution >= 4 is 23.1 Å². The van der Waals surface area contributed by atoms with Gasteiger partial charge in [-0.05, 0) is 61.2 Å². The summed E-state index contributed by atoms with van der Waals surface area (Å²) in [5.74, 6) is -2.28. The number of carbonyl (C=O) groups excluding carboxylic acids is 2. The largest absolute Gasteiger partial charge is 0.497 e. The van der Waals surface area contributed by atoms with E-state index in [1.807, 2.05) is 50.2 Å². The van der Waals surface area contributed by atoms with Gasteiger partial charge < -0.3 is 10.1 Å². The Morgan fingerprint density at radius 3 is 2.26 bits per heavy atom. The van der Waals surface area contributed by atoms with Crippen LogP contribution < -0.4 is 10.1 Å². The van der Waals surface area contributed by atoms with Gasteiger partial charge in [-0.15, -0.1) is 0 Å². The van der Waals surface area contributed by atoms with Crippen molar-refractivity contribution in [3.63, 3.8) is 0 Å². The van der Waals surface area contributed by atoms with E-state index in [1.165, 1.54) is 11.0 Å². The summed E-state index contributed by atoms with van der Waals surface area (Å²) in [7, 11) is 1.58. The van der Waals surface area contributed by atoms with Gasteiger partial charge in [0.15, 0.2) is 11.6 Å². The lowest BCUT2D eigenvalue weighted by Crippen LogP contribution is -2.34. The van der Waals surface area contributed by atoms with Crippen LogP contribution in [0.25, 0.3) is 5.57 Å². The fourth-order valence-corrected chi connectivity index (χ4v) is 3.99. The van der Waals surface area contributed by atoms with Gasteiger partial charge in [-0.25, -0.2) is 8.78 Å². The van der Waals surface area contributed by atoms with Gasteiger partial charge in [-0.1, -0.05) is 35.9 Å². The maximum atomic E-state index is 13.8. The van der Waals surface area contributed by atoms with Crippen LogP contribution in [0, 0.1) is 25.5 Å². The third kappa shape index (κ3) is 4.55. The Morgan fingerprint density at radius 2 is 1.62 bits per heavy atom. The normalized spacial score (nSPS) is 13.6. The minimum atomic E-state index is -1.05. The molecule has 1 heterocycles. The third-order valence-electron chi connectivity index (χ3n) is 5.79. The van der Waals surface area contributed by atoms with E-state index < -0.39 is 23.4 Å². The Labute approximate surface area is 196 Å². The SMILES string of the molecule is COc1ccc(CCN2C(=O)C(Nc3ccc(F)c(F)c3)=C(c3ccc(C)cc3C)C2=O)cc1. The van der Waals surface area contributed by atoms with E-state index in [-0.39, 0.29) is 23.5 Å². The lowest BCUT2D eigenvalue weighted by molar-refractivity contribution is -0.136. The molecule has 0 fully saturated rings. The number of hydrogen-bond donors (Lipinski definition) is 1. The number of amides is 2. The maximum Gasteiger partial charge on any atom is 0.278 e. The van der Waals surface area contributed by atoms with Gasteiger partial charge in [-0.3, -0.25) is 14.5 Å². The topological polar surface area (TPSA) is 58.6 Å². The number of anilines is 1. The molecule has 0 radical (unpaired) electrons. The average molecular weight is 462 g/mol. The van der Waals surface area contributed by atoms with E-state index >= 15 is 0 Å². The van der Waals surface area contributed by atoms with Crippen molar-refractivity contribution in [2.45, 2.75) is 20.3 Å². The van der Waals surface area contributed by atoms with E-state index in [4.69, 9.17) is 4.74 Å². The number of aryl methyl sites for hydroxylation is 2. The van der Waals surface area contributed by atoms with Gasteiger partial charge in [0.1, 0.15) is 11.4 Å². The van der Waals surface area contributed by atoms with Crippen LogP contribution in [0.1, 0.15) is 22.3 Å². The van der Waals surface area contributed by atoms with Gasteiger partial charge >= 0.3 is 0 Å². The molecule has 2 amide bonds. The van der Waals surface area contributed by atoms with Crippen LogP contribution in [-0.4, -0.2) is 30.4 Å². The van der Waals surface area contributed by atoms with E-state index in [0.717, 1.165) is 28.8 Å². The molecule has 3 aromatic rings. The molecular formula is C27H24F2N2O3. The number of ether oxygens (including phenoxy) is 1. The molecule has 0 bridgehead atoms. The van der Waals surface area contributed by atoms with E-state index in [2.05, 4.69) is 5.32 Å². The first kappa shape index (κ1) is 23.2. The number of halogens is 2. The average Bonchev–Trinajstić information content (AvgIpc) is 3.04. The molecule has 0 atom stereocenters. The van der Waals surface area contributed by atoms with Crippen LogP contribution in [0.2, 0.25) is 0 Å². The Hall–Kier alpha value is -4.00. The Balaban J connectivity index is 1.68. The minimum Gasteiger partial charge on any atom is -0.497 e. The van der Waals surface area contributed by atoms with Crippen molar-refractivity contribution in [1.82, 2.24) is 4.90 Å². The summed E-state index contributed by atoms with van der Waals surface area (Å²) in [4.78, 5) is 28.0. The predicted octanol–water partition coefficient (Wildman–Crippen LogP) is 5.02. The molecule has 1 aliphatic heterocycles. The first-order chi connectivity index (χ1) is 16.3. The van der Waals surface area contributed by atoms with E-state index in [1.54, 1.807) is 13.2 Å². The molecule has 0 spiro atoms. The lowest BCUT2D eigenvalue weighted by atomic mass is 9.97. The van der Waals surface area contributed by atoms with Gasteiger partial charge in [0.05, 0.1) is 12.7 Å². The van der Waals surface area contributed by atoms with Crippen molar-refractivity contribution in [3.8, 4) is 5.75 Å². The summed E-state index contributed by atoms with van der Waals surface area (Å²) < 4.78 is 32.4. The quantitative estimate of drug-likeness (QED) is 0.501. The smallest absolute Gasteiger partial charge is 0.278 e. The molecule has 174 valence electrons. The minimum absolute atomic E-state index is 0.0395.